The number of benzene rings is 2. The second-order valence-corrected chi connectivity index (χ2v) is 7.26. The zero-order chi connectivity index (χ0) is 20.4. The minimum atomic E-state index is -0.342. The van der Waals surface area contributed by atoms with Crippen LogP contribution in [0.5, 0.6) is 11.5 Å². The number of hydrogen-bond acceptors (Lipinski definition) is 5. The summed E-state index contributed by atoms with van der Waals surface area (Å²) in [5, 5.41) is 16.9. The van der Waals surface area contributed by atoms with Crippen LogP contribution in [0.25, 0.3) is 0 Å². The molecule has 0 aliphatic heterocycles. The molecule has 0 bridgehead atoms. The molecule has 2 rings (SSSR count). The molecule has 0 aromatic heterocycles. The zero-order valence-electron chi connectivity index (χ0n) is 16.3. The first kappa shape index (κ1) is 22.8. The van der Waals surface area contributed by atoms with E-state index >= 15 is 0 Å². The largest absolute Gasteiger partial charge is 0.490 e. The molecule has 154 valence electrons. The van der Waals surface area contributed by atoms with Gasteiger partial charge in [0.05, 0.1) is 17.7 Å². The van der Waals surface area contributed by atoms with Gasteiger partial charge in [0, 0.05) is 36.8 Å². The highest BCUT2D eigenvalue weighted by Crippen LogP contribution is 2.37. The number of halogens is 2. The Morgan fingerprint density at radius 2 is 1.79 bits per heavy atom. The van der Waals surface area contributed by atoms with E-state index in [1.54, 1.807) is 6.92 Å². The molecule has 1 atom stereocenters. The van der Waals surface area contributed by atoms with Crippen molar-refractivity contribution in [3.63, 3.8) is 0 Å². The lowest BCUT2D eigenvalue weighted by Gasteiger charge is -2.16. The van der Waals surface area contributed by atoms with Gasteiger partial charge in [0.25, 0.3) is 0 Å². The fraction of sp³-hybridized carbons (Fsp3) is 0.429. The van der Waals surface area contributed by atoms with E-state index in [1.807, 2.05) is 43.3 Å². The van der Waals surface area contributed by atoms with Crippen LogP contribution in [0.4, 0.5) is 0 Å². The van der Waals surface area contributed by atoms with E-state index < -0.39 is 0 Å². The number of hydrogen-bond donors (Lipinski definition) is 3. The van der Waals surface area contributed by atoms with Crippen LogP contribution in [0.1, 0.15) is 25.0 Å². The summed E-state index contributed by atoms with van der Waals surface area (Å²) in [6.07, 6.45) is -0.342. The summed E-state index contributed by atoms with van der Waals surface area (Å²) in [6, 6.07) is 11.4. The normalized spacial score (nSPS) is 12.0. The molecular formula is C21H28Cl2N2O3. The van der Waals surface area contributed by atoms with Crippen molar-refractivity contribution in [3.8, 4) is 11.5 Å². The Morgan fingerprint density at radius 1 is 1.04 bits per heavy atom. The smallest absolute Gasteiger partial charge is 0.180 e. The highest BCUT2D eigenvalue weighted by Gasteiger charge is 2.13. The van der Waals surface area contributed by atoms with Crippen LogP contribution in [0.2, 0.25) is 10.0 Å². The summed E-state index contributed by atoms with van der Waals surface area (Å²) >= 11 is 12.7. The van der Waals surface area contributed by atoms with Crippen LogP contribution in [-0.2, 0) is 13.2 Å². The molecule has 0 radical (unpaired) electrons. The van der Waals surface area contributed by atoms with Crippen LogP contribution in [-0.4, -0.2) is 37.5 Å². The Labute approximate surface area is 177 Å². The molecule has 0 spiro atoms. The molecule has 2 aromatic rings. The van der Waals surface area contributed by atoms with Crippen molar-refractivity contribution in [1.29, 1.82) is 0 Å². The Balaban J connectivity index is 1.97. The molecule has 5 nitrogen and oxygen atoms in total. The van der Waals surface area contributed by atoms with Crippen molar-refractivity contribution >= 4 is 23.2 Å². The first-order chi connectivity index (χ1) is 13.5. The monoisotopic (exact) mass is 426 g/mol. The van der Waals surface area contributed by atoms with E-state index in [0.717, 1.165) is 24.2 Å². The Hall–Kier alpha value is -1.50. The molecule has 0 aliphatic carbocycles. The first-order valence-electron chi connectivity index (χ1n) is 9.42. The number of nitrogens with one attached hydrogen (secondary N) is 2. The van der Waals surface area contributed by atoms with Gasteiger partial charge < -0.3 is 25.2 Å². The molecule has 0 aliphatic rings. The zero-order valence-corrected chi connectivity index (χ0v) is 17.8. The van der Waals surface area contributed by atoms with Crippen LogP contribution in [0.15, 0.2) is 36.4 Å². The van der Waals surface area contributed by atoms with Crippen molar-refractivity contribution in [1.82, 2.24) is 10.6 Å². The van der Waals surface area contributed by atoms with Gasteiger partial charge in [-0.15, -0.1) is 0 Å². The van der Waals surface area contributed by atoms with E-state index in [9.17, 15) is 5.11 Å². The molecule has 0 saturated heterocycles. The third kappa shape index (κ3) is 7.49. The summed E-state index contributed by atoms with van der Waals surface area (Å²) in [7, 11) is 0. The van der Waals surface area contributed by atoms with Crippen LogP contribution >= 0.6 is 23.2 Å². The fourth-order valence-corrected chi connectivity index (χ4v) is 3.09. The SMILES string of the molecule is CCOc1cc(CNCCNCC(C)O)cc(Cl)c1OCc1ccccc1Cl. The van der Waals surface area contributed by atoms with Crippen LogP contribution in [0, 0.1) is 0 Å². The van der Waals surface area contributed by atoms with Gasteiger partial charge in [-0.25, -0.2) is 0 Å². The molecule has 0 saturated carbocycles. The molecule has 7 heteroatoms. The Kier molecular flexibility index (Phi) is 9.88. The molecule has 0 heterocycles. The number of aliphatic hydroxyl groups is 1. The summed E-state index contributed by atoms with van der Waals surface area (Å²) < 4.78 is 11.7. The van der Waals surface area contributed by atoms with Gasteiger partial charge in [0.2, 0.25) is 0 Å². The van der Waals surface area contributed by atoms with Crippen molar-refractivity contribution in [3.05, 3.63) is 57.6 Å². The molecular weight excluding hydrogens is 399 g/mol. The quantitative estimate of drug-likeness (QED) is 0.447. The lowest BCUT2D eigenvalue weighted by molar-refractivity contribution is 0.191. The summed E-state index contributed by atoms with van der Waals surface area (Å²) in [5.41, 5.74) is 1.90. The van der Waals surface area contributed by atoms with Gasteiger partial charge in [-0.3, -0.25) is 0 Å². The lowest BCUT2D eigenvalue weighted by Crippen LogP contribution is -2.31. The Bertz CT molecular complexity index is 742. The first-order valence-corrected chi connectivity index (χ1v) is 10.2. The van der Waals surface area contributed by atoms with Gasteiger partial charge in [0.1, 0.15) is 6.61 Å². The van der Waals surface area contributed by atoms with Crippen molar-refractivity contribution in [2.45, 2.75) is 33.1 Å². The summed E-state index contributed by atoms with van der Waals surface area (Å²) in [5.74, 6) is 1.14. The van der Waals surface area contributed by atoms with Crippen molar-refractivity contribution in [2.24, 2.45) is 0 Å². The maximum atomic E-state index is 9.23. The predicted octanol–water partition coefficient (Wildman–Crippen LogP) is 4.03. The van der Waals surface area contributed by atoms with E-state index in [4.69, 9.17) is 32.7 Å². The van der Waals surface area contributed by atoms with E-state index in [2.05, 4.69) is 10.6 Å². The van der Waals surface area contributed by atoms with Crippen molar-refractivity contribution < 1.29 is 14.6 Å². The van der Waals surface area contributed by atoms with Crippen LogP contribution in [0.3, 0.4) is 0 Å². The maximum Gasteiger partial charge on any atom is 0.180 e. The van der Waals surface area contributed by atoms with Gasteiger partial charge >= 0.3 is 0 Å². The molecule has 3 N–H and O–H groups in total. The maximum absolute atomic E-state index is 9.23. The summed E-state index contributed by atoms with van der Waals surface area (Å²) in [4.78, 5) is 0. The number of aliphatic hydroxyl groups excluding tert-OH is 1. The van der Waals surface area contributed by atoms with Crippen LogP contribution < -0.4 is 20.1 Å². The standard InChI is InChI=1S/C21H28Cl2N2O3/c1-3-27-20-11-16(13-25-9-8-24-12-15(2)26)10-19(23)21(20)28-14-17-6-4-5-7-18(17)22/h4-7,10-11,15,24-26H,3,8-9,12-14H2,1-2H3. The predicted molar refractivity (Wildman–Crippen MR) is 115 cm³/mol. The van der Waals surface area contributed by atoms with Gasteiger partial charge in [-0.05, 0) is 37.6 Å². The third-order valence-electron chi connectivity index (χ3n) is 3.95. The van der Waals surface area contributed by atoms with E-state index in [1.165, 1.54) is 0 Å². The minimum absolute atomic E-state index is 0.312. The topological polar surface area (TPSA) is 62.8 Å². The second-order valence-electron chi connectivity index (χ2n) is 6.45. The molecule has 0 amide bonds. The average Bonchev–Trinajstić information content (AvgIpc) is 2.65. The van der Waals surface area contributed by atoms with Crippen molar-refractivity contribution in [2.75, 3.05) is 26.2 Å². The number of ether oxygens (including phenoxy) is 2. The fourth-order valence-electron chi connectivity index (χ4n) is 2.61. The van der Waals surface area contributed by atoms with E-state index in [0.29, 0.717) is 47.8 Å². The molecule has 2 aromatic carbocycles. The summed E-state index contributed by atoms with van der Waals surface area (Å²) in [6.45, 7) is 7.29. The molecule has 28 heavy (non-hydrogen) atoms. The minimum Gasteiger partial charge on any atom is -0.490 e. The third-order valence-corrected chi connectivity index (χ3v) is 4.60. The molecule has 1 unspecified atom stereocenters. The average molecular weight is 427 g/mol. The number of rotatable bonds is 12. The lowest BCUT2D eigenvalue weighted by atomic mass is 10.2. The highest BCUT2D eigenvalue weighted by atomic mass is 35.5. The molecule has 0 fully saturated rings. The van der Waals surface area contributed by atoms with Gasteiger partial charge in [0.15, 0.2) is 11.5 Å². The Morgan fingerprint density at radius 3 is 2.50 bits per heavy atom. The van der Waals surface area contributed by atoms with Gasteiger partial charge in [-0.1, -0.05) is 41.4 Å². The second kappa shape index (κ2) is 12.1. The van der Waals surface area contributed by atoms with Gasteiger partial charge in [-0.2, -0.15) is 0 Å². The van der Waals surface area contributed by atoms with E-state index in [-0.39, 0.29) is 6.10 Å². The highest BCUT2D eigenvalue weighted by molar-refractivity contribution is 6.32.